The van der Waals surface area contributed by atoms with Gasteiger partial charge in [0, 0.05) is 7.11 Å². The van der Waals surface area contributed by atoms with Crippen LogP contribution in [0.1, 0.15) is 23.7 Å². The molecule has 0 heterocycles. The monoisotopic (exact) mass is 296 g/mol. The number of hydrogen-bond acceptors (Lipinski definition) is 4. The van der Waals surface area contributed by atoms with Crippen molar-refractivity contribution in [2.75, 3.05) is 7.11 Å². The fourth-order valence-corrected chi connectivity index (χ4v) is 1.87. The second-order valence-electron chi connectivity index (χ2n) is 4.43. The molecule has 0 saturated carbocycles. The van der Waals surface area contributed by atoms with Gasteiger partial charge in [0.2, 0.25) is 6.10 Å². The van der Waals surface area contributed by atoms with Gasteiger partial charge in [0.1, 0.15) is 6.10 Å². The van der Waals surface area contributed by atoms with Crippen LogP contribution in [0.3, 0.4) is 0 Å². The standard InChI is InChI=1S/C15H17ClO4/c1-10(2)9-12(19-3)13(14(16)17)20-15(18)11-7-5-4-6-8-11/h4-8,12-13H,1,9H2,2-3H3. The number of hydrogen-bond donors (Lipinski definition) is 0. The number of carbonyl (C=O) groups excluding carboxylic acids is 2. The van der Waals surface area contributed by atoms with Gasteiger partial charge < -0.3 is 9.47 Å². The van der Waals surface area contributed by atoms with Crippen LogP contribution in [0.5, 0.6) is 0 Å². The van der Waals surface area contributed by atoms with Crippen LogP contribution in [0, 0.1) is 0 Å². The smallest absolute Gasteiger partial charge is 0.338 e. The first-order valence-corrected chi connectivity index (χ1v) is 6.46. The van der Waals surface area contributed by atoms with Gasteiger partial charge in [-0.15, -0.1) is 6.58 Å². The topological polar surface area (TPSA) is 52.6 Å². The normalized spacial score (nSPS) is 13.3. The van der Waals surface area contributed by atoms with Gasteiger partial charge in [-0.25, -0.2) is 4.79 Å². The van der Waals surface area contributed by atoms with Crippen LogP contribution in [0.4, 0.5) is 0 Å². The molecule has 0 amide bonds. The summed E-state index contributed by atoms with van der Waals surface area (Å²) in [5.41, 5.74) is 1.15. The van der Waals surface area contributed by atoms with Gasteiger partial charge >= 0.3 is 5.97 Å². The number of carbonyl (C=O) groups is 2. The van der Waals surface area contributed by atoms with E-state index in [0.717, 1.165) is 5.57 Å². The highest BCUT2D eigenvalue weighted by Crippen LogP contribution is 2.17. The molecule has 1 aromatic carbocycles. The zero-order chi connectivity index (χ0) is 15.1. The lowest BCUT2D eigenvalue weighted by molar-refractivity contribution is -0.127. The lowest BCUT2D eigenvalue weighted by atomic mass is 10.1. The summed E-state index contributed by atoms with van der Waals surface area (Å²) in [5.74, 6) is -0.617. The Bertz CT molecular complexity index is 484. The molecule has 108 valence electrons. The molecule has 2 unspecified atom stereocenters. The van der Waals surface area contributed by atoms with E-state index in [1.165, 1.54) is 7.11 Å². The molecule has 1 aromatic rings. The molecule has 0 fully saturated rings. The van der Waals surface area contributed by atoms with E-state index < -0.39 is 23.4 Å². The first-order valence-electron chi connectivity index (χ1n) is 6.08. The molecule has 0 saturated heterocycles. The molecule has 0 aromatic heterocycles. The molecule has 0 bridgehead atoms. The average molecular weight is 297 g/mol. The SMILES string of the molecule is C=C(C)CC(OC)C(OC(=O)c1ccccc1)C(=O)Cl. The lowest BCUT2D eigenvalue weighted by Gasteiger charge is -2.23. The van der Waals surface area contributed by atoms with Crippen LogP contribution < -0.4 is 0 Å². The summed E-state index contributed by atoms with van der Waals surface area (Å²) in [7, 11) is 1.43. The first kappa shape index (κ1) is 16.4. The molecule has 20 heavy (non-hydrogen) atoms. The summed E-state index contributed by atoms with van der Waals surface area (Å²) in [6.07, 6.45) is -1.43. The minimum absolute atomic E-state index is 0.348. The largest absolute Gasteiger partial charge is 0.447 e. The van der Waals surface area contributed by atoms with Gasteiger partial charge in [-0.3, -0.25) is 4.79 Å². The average Bonchev–Trinajstić information content (AvgIpc) is 2.42. The van der Waals surface area contributed by atoms with Crippen molar-refractivity contribution >= 4 is 22.8 Å². The van der Waals surface area contributed by atoms with Crippen LogP contribution in [-0.2, 0) is 14.3 Å². The summed E-state index contributed by atoms with van der Waals surface area (Å²) in [4.78, 5) is 23.4. The van der Waals surface area contributed by atoms with E-state index in [2.05, 4.69) is 6.58 Å². The third-order valence-corrected chi connectivity index (χ3v) is 2.87. The lowest BCUT2D eigenvalue weighted by Crippen LogP contribution is -2.37. The molecule has 0 aliphatic rings. The van der Waals surface area contributed by atoms with Gasteiger partial charge in [0.05, 0.1) is 5.56 Å². The minimum Gasteiger partial charge on any atom is -0.447 e. The van der Waals surface area contributed by atoms with E-state index in [1.54, 1.807) is 37.3 Å². The maximum absolute atomic E-state index is 12.0. The summed E-state index contributed by atoms with van der Waals surface area (Å²) < 4.78 is 10.3. The first-order chi connectivity index (χ1) is 9.45. The van der Waals surface area contributed by atoms with Crippen molar-refractivity contribution < 1.29 is 19.1 Å². The fraction of sp³-hybridized carbons (Fsp3) is 0.333. The number of esters is 1. The number of benzene rings is 1. The molecular formula is C15H17ClO4. The molecule has 0 aliphatic heterocycles. The highest BCUT2D eigenvalue weighted by molar-refractivity contribution is 6.64. The van der Waals surface area contributed by atoms with Crippen LogP contribution in [-0.4, -0.2) is 30.5 Å². The zero-order valence-electron chi connectivity index (χ0n) is 11.5. The fourth-order valence-electron chi connectivity index (χ4n) is 1.68. The Morgan fingerprint density at radius 2 is 1.90 bits per heavy atom. The summed E-state index contributed by atoms with van der Waals surface area (Å²) in [6, 6.07) is 8.38. The highest BCUT2D eigenvalue weighted by Gasteiger charge is 2.31. The summed E-state index contributed by atoms with van der Waals surface area (Å²) >= 11 is 5.51. The maximum atomic E-state index is 12.0. The van der Waals surface area contributed by atoms with Crippen molar-refractivity contribution in [2.24, 2.45) is 0 Å². The van der Waals surface area contributed by atoms with E-state index in [4.69, 9.17) is 21.1 Å². The second kappa shape index (κ2) is 7.82. The predicted molar refractivity (Wildman–Crippen MR) is 76.7 cm³/mol. The molecule has 1 rings (SSSR count). The minimum atomic E-state index is -1.16. The molecule has 0 radical (unpaired) electrons. The van der Waals surface area contributed by atoms with Crippen molar-refractivity contribution in [1.82, 2.24) is 0 Å². The molecule has 0 N–H and O–H groups in total. The Morgan fingerprint density at radius 3 is 2.35 bits per heavy atom. The van der Waals surface area contributed by atoms with Gasteiger partial charge in [0.25, 0.3) is 5.24 Å². The van der Waals surface area contributed by atoms with E-state index in [-0.39, 0.29) is 0 Å². The quantitative estimate of drug-likeness (QED) is 0.441. The molecular weight excluding hydrogens is 280 g/mol. The Kier molecular flexibility index (Phi) is 6.42. The highest BCUT2D eigenvalue weighted by atomic mass is 35.5. The Labute approximate surface area is 123 Å². The van der Waals surface area contributed by atoms with Crippen molar-refractivity contribution in [2.45, 2.75) is 25.6 Å². The van der Waals surface area contributed by atoms with E-state index in [0.29, 0.717) is 12.0 Å². The summed E-state index contributed by atoms with van der Waals surface area (Å²) in [5, 5.41) is -0.776. The second-order valence-corrected chi connectivity index (χ2v) is 4.80. The van der Waals surface area contributed by atoms with Gasteiger partial charge in [0.15, 0.2) is 0 Å². The van der Waals surface area contributed by atoms with Gasteiger partial charge in [-0.05, 0) is 37.1 Å². The van der Waals surface area contributed by atoms with Crippen LogP contribution in [0.2, 0.25) is 0 Å². The zero-order valence-corrected chi connectivity index (χ0v) is 12.2. The van der Waals surface area contributed by atoms with Gasteiger partial charge in [-0.2, -0.15) is 0 Å². The third kappa shape index (κ3) is 4.79. The van der Waals surface area contributed by atoms with E-state index >= 15 is 0 Å². The van der Waals surface area contributed by atoms with Crippen molar-refractivity contribution in [3.05, 3.63) is 48.0 Å². The Hall–Kier alpha value is -1.65. The van der Waals surface area contributed by atoms with E-state index in [9.17, 15) is 9.59 Å². The predicted octanol–water partition coefficient (Wildman–Crippen LogP) is 2.96. The van der Waals surface area contributed by atoms with Crippen LogP contribution in [0.25, 0.3) is 0 Å². The van der Waals surface area contributed by atoms with Gasteiger partial charge in [-0.1, -0.05) is 23.8 Å². The maximum Gasteiger partial charge on any atom is 0.338 e. The van der Waals surface area contributed by atoms with Crippen LogP contribution >= 0.6 is 11.6 Å². The molecule has 0 aliphatic carbocycles. The number of ether oxygens (including phenoxy) is 2. The van der Waals surface area contributed by atoms with Crippen molar-refractivity contribution in [3.63, 3.8) is 0 Å². The van der Waals surface area contributed by atoms with E-state index in [1.807, 2.05) is 0 Å². The summed E-state index contributed by atoms with van der Waals surface area (Å²) in [6.45, 7) is 5.54. The number of rotatable bonds is 7. The molecule has 0 spiro atoms. The van der Waals surface area contributed by atoms with Crippen molar-refractivity contribution in [1.29, 1.82) is 0 Å². The Morgan fingerprint density at radius 1 is 1.30 bits per heavy atom. The molecule has 5 heteroatoms. The number of methoxy groups -OCH3 is 1. The Balaban J connectivity index is 2.84. The third-order valence-electron chi connectivity index (χ3n) is 2.66. The van der Waals surface area contributed by atoms with Crippen molar-refractivity contribution in [3.8, 4) is 0 Å². The molecule has 4 nitrogen and oxygen atoms in total. The van der Waals surface area contributed by atoms with Crippen LogP contribution in [0.15, 0.2) is 42.5 Å². The number of halogens is 1. The molecule has 2 atom stereocenters.